The number of hydrogen-bond acceptors (Lipinski definition) is 6. The van der Waals surface area contributed by atoms with E-state index in [1.807, 2.05) is 69.3 Å². The highest BCUT2D eigenvalue weighted by Gasteiger charge is 2.40. The number of thiazole rings is 1. The van der Waals surface area contributed by atoms with Crippen LogP contribution in [-0.2, 0) is 22.5 Å². The first kappa shape index (κ1) is 25.5. The number of cyclic esters (lactones) is 1. The SMILES string of the molecule is Cc1nc(C)c(-c2ccc(Oc3cccc(CC(=O)O)c3)c(CN3C(=O)O[C@H](c4ccccc4)[C@@H]3C)c2)s1. The Morgan fingerprint density at radius 1 is 1.08 bits per heavy atom. The topological polar surface area (TPSA) is 89.0 Å². The monoisotopic (exact) mass is 528 g/mol. The van der Waals surface area contributed by atoms with E-state index >= 15 is 0 Å². The second-order valence-electron chi connectivity index (χ2n) is 9.37. The fourth-order valence-corrected chi connectivity index (χ4v) is 5.67. The van der Waals surface area contributed by atoms with Gasteiger partial charge in [0.15, 0.2) is 0 Å². The highest BCUT2D eigenvalue weighted by atomic mass is 32.1. The maximum Gasteiger partial charge on any atom is 0.411 e. The molecule has 1 N–H and O–H groups in total. The number of hydrogen-bond donors (Lipinski definition) is 1. The zero-order chi connectivity index (χ0) is 26.8. The van der Waals surface area contributed by atoms with Crippen LogP contribution in [0.25, 0.3) is 10.4 Å². The maximum atomic E-state index is 13.0. The zero-order valence-electron chi connectivity index (χ0n) is 21.4. The number of benzene rings is 3. The minimum absolute atomic E-state index is 0.0923. The molecular formula is C30H28N2O5S. The molecule has 1 amide bonds. The number of aromatic nitrogens is 1. The number of amides is 1. The molecule has 0 unspecified atom stereocenters. The summed E-state index contributed by atoms with van der Waals surface area (Å²) in [6, 6.07) is 22.5. The van der Waals surface area contributed by atoms with Crippen molar-refractivity contribution in [1.29, 1.82) is 0 Å². The summed E-state index contributed by atoms with van der Waals surface area (Å²) in [5.74, 6) is 0.210. The first-order valence-electron chi connectivity index (χ1n) is 12.4. The van der Waals surface area contributed by atoms with Crippen molar-refractivity contribution in [2.75, 3.05) is 0 Å². The van der Waals surface area contributed by atoms with Gasteiger partial charge in [0.2, 0.25) is 0 Å². The van der Waals surface area contributed by atoms with E-state index in [2.05, 4.69) is 4.98 Å². The molecule has 1 aliphatic rings. The molecule has 38 heavy (non-hydrogen) atoms. The summed E-state index contributed by atoms with van der Waals surface area (Å²) < 4.78 is 12.0. The van der Waals surface area contributed by atoms with E-state index in [9.17, 15) is 14.7 Å². The van der Waals surface area contributed by atoms with Crippen molar-refractivity contribution in [2.45, 2.75) is 45.9 Å². The minimum Gasteiger partial charge on any atom is -0.481 e. The number of carbonyl (C=O) groups is 2. The summed E-state index contributed by atoms with van der Waals surface area (Å²) in [7, 11) is 0. The van der Waals surface area contributed by atoms with Crippen LogP contribution >= 0.6 is 11.3 Å². The molecule has 8 heteroatoms. The van der Waals surface area contributed by atoms with E-state index in [-0.39, 0.29) is 31.2 Å². The van der Waals surface area contributed by atoms with Crippen molar-refractivity contribution in [1.82, 2.24) is 9.88 Å². The molecule has 4 aromatic rings. The molecule has 0 radical (unpaired) electrons. The summed E-state index contributed by atoms with van der Waals surface area (Å²) in [4.78, 5) is 31.5. The summed E-state index contributed by atoms with van der Waals surface area (Å²) in [6.45, 7) is 6.24. The van der Waals surface area contributed by atoms with E-state index in [1.54, 1.807) is 40.5 Å². The van der Waals surface area contributed by atoms with E-state index in [4.69, 9.17) is 9.47 Å². The molecule has 2 atom stereocenters. The smallest absolute Gasteiger partial charge is 0.411 e. The molecule has 0 bridgehead atoms. The lowest BCUT2D eigenvalue weighted by Crippen LogP contribution is -2.31. The fraction of sp³-hybridized carbons (Fsp3) is 0.233. The standard InChI is InChI=1S/C30H28N2O5S/c1-18-29(38-20(3)31-18)23-12-13-26(36-25-11-7-8-21(14-25)15-27(33)34)24(16-23)17-32-19(2)28(37-30(32)35)22-9-5-4-6-10-22/h4-14,16,19,28H,15,17H2,1-3H3,(H,33,34)/t19-,28-/m0/s1. The molecule has 3 aromatic carbocycles. The van der Waals surface area contributed by atoms with Crippen molar-refractivity contribution in [3.63, 3.8) is 0 Å². The average Bonchev–Trinajstić information content (AvgIpc) is 3.37. The Labute approximate surface area is 225 Å². The molecule has 1 fully saturated rings. The van der Waals surface area contributed by atoms with Crippen LogP contribution < -0.4 is 4.74 Å². The second kappa shape index (κ2) is 10.7. The van der Waals surface area contributed by atoms with E-state index in [0.29, 0.717) is 17.1 Å². The van der Waals surface area contributed by atoms with Gasteiger partial charge in [-0.3, -0.25) is 9.69 Å². The summed E-state index contributed by atoms with van der Waals surface area (Å²) in [6.07, 6.45) is -0.836. The van der Waals surface area contributed by atoms with Gasteiger partial charge in [0, 0.05) is 5.56 Å². The number of aliphatic carboxylic acids is 1. The molecular weight excluding hydrogens is 500 g/mol. The van der Waals surface area contributed by atoms with Gasteiger partial charge < -0.3 is 14.6 Å². The van der Waals surface area contributed by atoms with Gasteiger partial charge >= 0.3 is 12.1 Å². The minimum atomic E-state index is -0.906. The third kappa shape index (κ3) is 5.40. The fourth-order valence-electron chi connectivity index (χ4n) is 4.75. The van der Waals surface area contributed by atoms with Gasteiger partial charge in [-0.1, -0.05) is 42.5 Å². The lowest BCUT2D eigenvalue weighted by atomic mass is 10.0. The highest BCUT2D eigenvalue weighted by Crippen LogP contribution is 2.38. The summed E-state index contributed by atoms with van der Waals surface area (Å²) in [5, 5.41) is 10.2. The number of nitrogens with zero attached hydrogens (tertiary/aromatic N) is 2. The van der Waals surface area contributed by atoms with Crippen LogP contribution in [0.15, 0.2) is 72.8 Å². The number of carboxylic acid groups (broad SMARTS) is 1. The van der Waals surface area contributed by atoms with Gasteiger partial charge in [0.05, 0.1) is 34.6 Å². The molecule has 1 saturated heterocycles. The van der Waals surface area contributed by atoms with Gasteiger partial charge in [0.25, 0.3) is 0 Å². The predicted molar refractivity (Wildman–Crippen MR) is 146 cm³/mol. The molecule has 7 nitrogen and oxygen atoms in total. The van der Waals surface area contributed by atoms with Crippen molar-refractivity contribution < 1.29 is 24.2 Å². The normalized spacial score (nSPS) is 16.9. The van der Waals surface area contributed by atoms with Crippen molar-refractivity contribution in [2.24, 2.45) is 0 Å². The van der Waals surface area contributed by atoms with E-state index < -0.39 is 5.97 Å². The first-order valence-corrected chi connectivity index (χ1v) is 13.2. The maximum absolute atomic E-state index is 13.0. The van der Waals surface area contributed by atoms with Crippen LogP contribution in [0.5, 0.6) is 11.5 Å². The Balaban J connectivity index is 1.49. The van der Waals surface area contributed by atoms with Gasteiger partial charge in [-0.2, -0.15) is 0 Å². The van der Waals surface area contributed by atoms with E-state index in [1.165, 1.54) is 0 Å². The van der Waals surface area contributed by atoms with Crippen LogP contribution in [0.2, 0.25) is 0 Å². The van der Waals surface area contributed by atoms with Crippen LogP contribution in [-0.4, -0.2) is 33.1 Å². The number of carboxylic acids is 1. The van der Waals surface area contributed by atoms with Gasteiger partial charge in [0.1, 0.15) is 17.6 Å². The van der Waals surface area contributed by atoms with E-state index in [0.717, 1.165) is 32.3 Å². The molecule has 1 aliphatic heterocycles. The third-order valence-corrected chi connectivity index (χ3v) is 7.69. The van der Waals surface area contributed by atoms with Crippen molar-refractivity contribution in [3.8, 4) is 21.9 Å². The van der Waals surface area contributed by atoms with Crippen molar-refractivity contribution >= 4 is 23.4 Å². The van der Waals surface area contributed by atoms with Crippen LogP contribution in [0.1, 0.15) is 40.4 Å². The molecule has 0 saturated carbocycles. The third-order valence-electron chi connectivity index (χ3n) is 6.57. The Hall–Kier alpha value is -4.17. The highest BCUT2D eigenvalue weighted by molar-refractivity contribution is 7.15. The summed E-state index contributed by atoms with van der Waals surface area (Å²) >= 11 is 1.62. The number of ether oxygens (including phenoxy) is 2. The van der Waals surface area contributed by atoms with Gasteiger partial charge in [-0.25, -0.2) is 9.78 Å². The van der Waals surface area contributed by atoms with Crippen LogP contribution in [0.4, 0.5) is 4.79 Å². The second-order valence-corrected chi connectivity index (χ2v) is 10.6. The number of rotatable bonds is 8. The molecule has 0 spiro atoms. The van der Waals surface area contributed by atoms with Crippen LogP contribution in [0, 0.1) is 13.8 Å². The summed E-state index contributed by atoms with van der Waals surface area (Å²) in [5.41, 5.74) is 4.36. The Morgan fingerprint density at radius 3 is 2.58 bits per heavy atom. The lowest BCUT2D eigenvalue weighted by Gasteiger charge is -2.23. The number of aryl methyl sites for hydroxylation is 2. The Morgan fingerprint density at radius 2 is 1.87 bits per heavy atom. The predicted octanol–water partition coefficient (Wildman–Crippen LogP) is 6.93. The Bertz CT molecular complexity index is 1480. The Kier molecular flexibility index (Phi) is 7.15. The van der Waals surface area contributed by atoms with Crippen molar-refractivity contribution in [3.05, 3.63) is 100 Å². The van der Waals surface area contributed by atoms with Crippen LogP contribution in [0.3, 0.4) is 0 Å². The molecule has 0 aliphatic carbocycles. The first-order chi connectivity index (χ1) is 18.3. The number of carbonyl (C=O) groups excluding carboxylic acids is 1. The molecule has 1 aromatic heterocycles. The molecule has 2 heterocycles. The largest absolute Gasteiger partial charge is 0.481 e. The molecule has 5 rings (SSSR count). The average molecular weight is 529 g/mol. The van der Waals surface area contributed by atoms with Gasteiger partial charge in [-0.15, -0.1) is 11.3 Å². The molecule has 194 valence electrons. The zero-order valence-corrected chi connectivity index (χ0v) is 22.2. The lowest BCUT2D eigenvalue weighted by molar-refractivity contribution is -0.136. The van der Waals surface area contributed by atoms with Gasteiger partial charge in [-0.05, 0) is 67.8 Å². The quantitative estimate of drug-likeness (QED) is 0.267.